The van der Waals surface area contributed by atoms with Gasteiger partial charge in [-0.2, -0.15) is 0 Å². The molecule has 0 saturated heterocycles. The molecule has 2 aromatic rings. The number of rotatable bonds is 4. The number of benzene rings is 1. The van der Waals surface area contributed by atoms with Gasteiger partial charge in [-0.1, -0.05) is 41.1 Å². The van der Waals surface area contributed by atoms with Crippen LogP contribution in [-0.2, 0) is 0 Å². The van der Waals surface area contributed by atoms with Gasteiger partial charge in [0, 0.05) is 28.3 Å². The third kappa shape index (κ3) is 3.23. The van der Waals surface area contributed by atoms with Crippen molar-refractivity contribution in [1.82, 2.24) is 10.3 Å². The fraction of sp³-hybridized carbons (Fsp3) is 0.312. The van der Waals surface area contributed by atoms with Crippen molar-refractivity contribution < 1.29 is 0 Å². The molecule has 100 valence electrons. The van der Waals surface area contributed by atoms with Crippen LogP contribution in [0.3, 0.4) is 0 Å². The van der Waals surface area contributed by atoms with Crippen LogP contribution >= 0.6 is 15.9 Å². The van der Waals surface area contributed by atoms with E-state index in [1.54, 1.807) is 0 Å². The zero-order chi connectivity index (χ0) is 13.8. The van der Waals surface area contributed by atoms with Gasteiger partial charge in [0.05, 0.1) is 0 Å². The van der Waals surface area contributed by atoms with Crippen molar-refractivity contribution in [3.63, 3.8) is 0 Å². The first-order valence-corrected chi connectivity index (χ1v) is 7.27. The molecule has 0 aliphatic heterocycles. The number of aromatic nitrogens is 1. The van der Waals surface area contributed by atoms with E-state index in [9.17, 15) is 0 Å². The van der Waals surface area contributed by atoms with Gasteiger partial charge in [-0.25, -0.2) is 0 Å². The van der Waals surface area contributed by atoms with Crippen molar-refractivity contribution in [1.29, 1.82) is 0 Å². The van der Waals surface area contributed by atoms with E-state index in [1.165, 1.54) is 11.1 Å². The standard InChI is InChI=1S/C16H19BrN2/c1-11-10-13(7-8-14(11)17)16(18-3)12(2)15-6-4-5-9-19-15/h4-10,12,16,18H,1-3H3. The molecule has 2 nitrogen and oxygen atoms in total. The van der Waals surface area contributed by atoms with E-state index in [-0.39, 0.29) is 6.04 Å². The molecule has 1 heterocycles. The van der Waals surface area contributed by atoms with E-state index < -0.39 is 0 Å². The van der Waals surface area contributed by atoms with E-state index in [0.717, 1.165) is 10.2 Å². The largest absolute Gasteiger partial charge is 0.312 e. The van der Waals surface area contributed by atoms with Gasteiger partial charge in [0.2, 0.25) is 0 Å². The quantitative estimate of drug-likeness (QED) is 0.913. The second-order valence-electron chi connectivity index (χ2n) is 4.82. The predicted octanol–water partition coefficient (Wildman–Crippen LogP) is 4.22. The molecule has 0 aliphatic carbocycles. The molecule has 19 heavy (non-hydrogen) atoms. The van der Waals surface area contributed by atoms with Gasteiger partial charge >= 0.3 is 0 Å². The van der Waals surface area contributed by atoms with Gasteiger partial charge in [0.1, 0.15) is 0 Å². The van der Waals surface area contributed by atoms with E-state index >= 15 is 0 Å². The average molecular weight is 319 g/mol. The Morgan fingerprint density at radius 3 is 2.58 bits per heavy atom. The van der Waals surface area contributed by atoms with Crippen LogP contribution in [0.1, 0.15) is 35.7 Å². The summed E-state index contributed by atoms with van der Waals surface area (Å²) in [7, 11) is 2.00. The van der Waals surface area contributed by atoms with Gasteiger partial charge in [-0.05, 0) is 43.3 Å². The molecule has 3 heteroatoms. The van der Waals surface area contributed by atoms with Crippen LogP contribution in [0.4, 0.5) is 0 Å². The van der Waals surface area contributed by atoms with Gasteiger partial charge < -0.3 is 5.32 Å². The highest BCUT2D eigenvalue weighted by atomic mass is 79.9. The lowest BCUT2D eigenvalue weighted by molar-refractivity contribution is 0.499. The molecule has 1 aromatic heterocycles. The van der Waals surface area contributed by atoms with E-state index in [2.05, 4.69) is 64.3 Å². The predicted molar refractivity (Wildman–Crippen MR) is 83.3 cm³/mol. The van der Waals surface area contributed by atoms with Crippen LogP contribution in [0.2, 0.25) is 0 Å². The summed E-state index contributed by atoms with van der Waals surface area (Å²) >= 11 is 3.55. The van der Waals surface area contributed by atoms with Crippen LogP contribution in [0.25, 0.3) is 0 Å². The monoisotopic (exact) mass is 318 g/mol. The summed E-state index contributed by atoms with van der Waals surface area (Å²) in [5.41, 5.74) is 3.66. The van der Waals surface area contributed by atoms with E-state index in [0.29, 0.717) is 5.92 Å². The Bertz CT molecular complexity index is 540. The third-order valence-corrected chi connectivity index (χ3v) is 4.40. The van der Waals surface area contributed by atoms with Crippen LogP contribution in [-0.4, -0.2) is 12.0 Å². The number of halogens is 1. The summed E-state index contributed by atoms with van der Waals surface area (Å²) in [5.74, 6) is 0.326. The van der Waals surface area contributed by atoms with Gasteiger partial charge in [-0.15, -0.1) is 0 Å². The van der Waals surface area contributed by atoms with Crippen LogP contribution < -0.4 is 5.32 Å². The highest BCUT2D eigenvalue weighted by Crippen LogP contribution is 2.31. The summed E-state index contributed by atoms with van der Waals surface area (Å²) in [6.07, 6.45) is 1.85. The van der Waals surface area contributed by atoms with Gasteiger partial charge in [0.15, 0.2) is 0 Å². The van der Waals surface area contributed by atoms with Crippen molar-refractivity contribution in [3.05, 3.63) is 63.9 Å². The third-order valence-electron chi connectivity index (χ3n) is 3.51. The molecule has 0 radical (unpaired) electrons. The molecule has 1 N–H and O–H groups in total. The van der Waals surface area contributed by atoms with Crippen molar-refractivity contribution in [2.45, 2.75) is 25.8 Å². The number of nitrogens with zero attached hydrogens (tertiary/aromatic N) is 1. The molecule has 0 aliphatic rings. The average Bonchev–Trinajstić information content (AvgIpc) is 2.44. The smallest absolute Gasteiger partial charge is 0.0450 e. The normalized spacial score (nSPS) is 14.1. The lowest BCUT2D eigenvalue weighted by Gasteiger charge is -2.24. The Labute approximate surface area is 123 Å². The van der Waals surface area contributed by atoms with Crippen molar-refractivity contribution >= 4 is 15.9 Å². The van der Waals surface area contributed by atoms with Crippen molar-refractivity contribution in [2.24, 2.45) is 0 Å². The van der Waals surface area contributed by atoms with E-state index in [4.69, 9.17) is 0 Å². The van der Waals surface area contributed by atoms with Gasteiger partial charge in [0.25, 0.3) is 0 Å². The maximum atomic E-state index is 4.46. The highest BCUT2D eigenvalue weighted by molar-refractivity contribution is 9.10. The highest BCUT2D eigenvalue weighted by Gasteiger charge is 2.20. The molecule has 2 atom stereocenters. The first-order chi connectivity index (χ1) is 9.13. The molecule has 0 amide bonds. The number of hydrogen-bond donors (Lipinski definition) is 1. The number of likely N-dealkylation sites (N-methyl/N-ethyl adjacent to an activating group) is 1. The Morgan fingerprint density at radius 2 is 2.00 bits per heavy atom. The maximum Gasteiger partial charge on any atom is 0.0450 e. The topological polar surface area (TPSA) is 24.9 Å². The fourth-order valence-corrected chi connectivity index (χ4v) is 2.63. The molecular formula is C16H19BrN2. The molecule has 2 unspecified atom stereocenters. The minimum absolute atomic E-state index is 0.265. The first-order valence-electron chi connectivity index (χ1n) is 6.47. The Kier molecular flexibility index (Phi) is 4.72. The summed E-state index contributed by atoms with van der Waals surface area (Å²) in [5, 5.41) is 3.41. The fourth-order valence-electron chi connectivity index (χ4n) is 2.38. The first kappa shape index (κ1) is 14.2. The molecule has 0 fully saturated rings. The molecule has 0 bridgehead atoms. The Hall–Kier alpha value is -1.19. The van der Waals surface area contributed by atoms with E-state index in [1.807, 2.05) is 25.4 Å². The summed E-state index contributed by atoms with van der Waals surface area (Å²) in [4.78, 5) is 4.46. The van der Waals surface area contributed by atoms with Gasteiger partial charge in [-0.3, -0.25) is 4.98 Å². The second-order valence-corrected chi connectivity index (χ2v) is 5.67. The molecular weight excluding hydrogens is 300 g/mol. The summed E-state index contributed by atoms with van der Waals surface area (Å²) in [6, 6.07) is 12.8. The molecule has 1 aromatic carbocycles. The molecule has 2 rings (SSSR count). The molecule has 0 spiro atoms. The van der Waals surface area contributed by atoms with Crippen LogP contribution in [0.5, 0.6) is 0 Å². The zero-order valence-corrected chi connectivity index (χ0v) is 13.1. The zero-order valence-electron chi connectivity index (χ0n) is 11.5. The molecule has 0 saturated carbocycles. The van der Waals surface area contributed by atoms with Crippen molar-refractivity contribution in [2.75, 3.05) is 7.05 Å². The Morgan fingerprint density at radius 1 is 1.21 bits per heavy atom. The number of hydrogen-bond acceptors (Lipinski definition) is 2. The Balaban J connectivity index is 2.31. The minimum Gasteiger partial charge on any atom is -0.312 e. The number of nitrogens with one attached hydrogen (secondary N) is 1. The second kappa shape index (κ2) is 6.31. The van der Waals surface area contributed by atoms with Crippen LogP contribution in [0, 0.1) is 6.92 Å². The maximum absolute atomic E-state index is 4.46. The van der Waals surface area contributed by atoms with Crippen LogP contribution in [0.15, 0.2) is 47.1 Å². The summed E-state index contributed by atoms with van der Waals surface area (Å²) < 4.78 is 1.15. The van der Waals surface area contributed by atoms with Crippen molar-refractivity contribution in [3.8, 4) is 0 Å². The minimum atomic E-state index is 0.265. The lowest BCUT2D eigenvalue weighted by atomic mass is 9.91. The summed E-state index contributed by atoms with van der Waals surface area (Å²) in [6.45, 7) is 4.33. The SMILES string of the molecule is CNC(c1ccc(Br)c(C)c1)C(C)c1ccccn1. The number of aryl methyl sites for hydroxylation is 1. The lowest BCUT2D eigenvalue weighted by Crippen LogP contribution is -2.23. The number of pyridine rings is 1.